The largest absolute Gasteiger partial charge is 0.376 e. The number of H-pyrrole nitrogens is 1. The molecule has 0 atom stereocenters. The fourth-order valence-corrected chi connectivity index (χ4v) is 6.37. The van der Waals surface area contributed by atoms with Crippen molar-refractivity contribution in [3.05, 3.63) is 33.6 Å². The molecule has 1 N–H and O–H groups in total. The van der Waals surface area contributed by atoms with Crippen LogP contribution in [0.25, 0.3) is 15.9 Å². The number of allylic oxidation sites excluding steroid dienone is 2. The predicted octanol–water partition coefficient (Wildman–Crippen LogP) is 6.35. The molecular weight excluding hydrogens is 388 g/mol. The van der Waals surface area contributed by atoms with Gasteiger partial charge in [0.15, 0.2) is 0 Å². The summed E-state index contributed by atoms with van der Waals surface area (Å²) in [6.45, 7) is 13.5. The van der Waals surface area contributed by atoms with Gasteiger partial charge >= 0.3 is 0 Å². The summed E-state index contributed by atoms with van der Waals surface area (Å²) in [7, 11) is 4.43. The van der Waals surface area contributed by atoms with Crippen LogP contribution in [0.15, 0.2) is 17.3 Å². The molecule has 2 aromatic heterocycles. The summed E-state index contributed by atoms with van der Waals surface area (Å²) >= 11 is 1.90. The van der Waals surface area contributed by atoms with Crippen molar-refractivity contribution in [2.75, 3.05) is 27.2 Å². The number of hydrogen-bond acceptors (Lipinski definition) is 4. The minimum absolute atomic E-state index is 0.443. The van der Waals surface area contributed by atoms with Crippen LogP contribution in [-0.4, -0.2) is 53.0 Å². The number of nitrogens with zero attached hydrogens (tertiary/aromatic N) is 3. The highest BCUT2D eigenvalue weighted by Crippen LogP contribution is 2.43. The Kier molecular flexibility index (Phi) is 6.13. The van der Waals surface area contributed by atoms with Gasteiger partial charge in [-0.1, -0.05) is 26.3 Å². The number of thiazole rings is 1. The van der Waals surface area contributed by atoms with Crippen LogP contribution in [0.5, 0.6) is 0 Å². The van der Waals surface area contributed by atoms with E-state index in [4.69, 9.17) is 4.98 Å². The number of nitrogens with one attached hydrogen (secondary N) is 1. The summed E-state index contributed by atoms with van der Waals surface area (Å²) in [6.07, 6.45) is 7.44. The number of likely N-dealkylation sites (N-methyl/N-ethyl adjacent to an activating group) is 1. The monoisotopic (exact) mass is 426 g/mol. The summed E-state index contributed by atoms with van der Waals surface area (Å²) in [6, 6.07) is 0.752. The SMILES string of the molecule is CCN(C)C1CCC(c2nc3c(C(C)C)c(C4=CN(C)CC(C)=C4C)[nH]c3s2)CC1. The van der Waals surface area contributed by atoms with Crippen molar-refractivity contribution in [2.45, 2.75) is 78.2 Å². The Morgan fingerprint density at radius 1 is 1.23 bits per heavy atom. The zero-order valence-electron chi connectivity index (χ0n) is 19.8. The third-order valence-corrected chi connectivity index (χ3v) is 8.43. The first-order chi connectivity index (χ1) is 14.3. The lowest BCUT2D eigenvalue weighted by Gasteiger charge is -2.33. The molecular formula is C25H38N4S. The zero-order valence-corrected chi connectivity index (χ0v) is 20.6. The molecule has 0 spiro atoms. The van der Waals surface area contributed by atoms with Crippen molar-refractivity contribution in [1.82, 2.24) is 19.8 Å². The maximum absolute atomic E-state index is 5.24. The fourth-order valence-electron chi connectivity index (χ4n) is 5.21. The lowest BCUT2D eigenvalue weighted by molar-refractivity contribution is 0.190. The van der Waals surface area contributed by atoms with Crippen LogP contribution in [0.4, 0.5) is 0 Å². The number of aromatic amines is 1. The van der Waals surface area contributed by atoms with Crippen molar-refractivity contribution in [1.29, 1.82) is 0 Å². The Hall–Kier alpha value is -1.59. The van der Waals surface area contributed by atoms with Crippen LogP contribution in [0.2, 0.25) is 0 Å². The highest BCUT2D eigenvalue weighted by atomic mass is 32.1. The molecule has 4 rings (SSSR count). The first kappa shape index (κ1) is 21.6. The molecule has 2 aliphatic rings. The van der Waals surface area contributed by atoms with Gasteiger partial charge in [0, 0.05) is 42.9 Å². The molecule has 3 heterocycles. The quantitative estimate of drug-likeness (QED) is 0.605. The average Bonchev–Trinajstić information content (AvgIpc) is 3.27. The number of fused-ring (bicyclic) bond motifs is 1. The van der Waals surface area contributed by atoms with E-state index in [1.165, 1.54) is 69.0 Å². The minimum Gasteiger partial charge on any atom is -0.376 e. The van der Waals surface area contributed by atoms with Crippen LogP contribution in [0.1, 0.15) is 88.4 Å². The predicted molar refractivity (Wildman–Crippen MR) is 130 cm³/mol. The summed E-state index contributed by atoms with van der Waals surface area (Å²) in [5.41, 5.74) is 8.07. The van der Waals surface area contributed by atoms with E-state index in [1.54, 1.807) is 0 Å². The van der Waals surface area contributed by atoms with Gasteiger partial charge in [-0.15, -0.1) is 11.3 Å². The molecule has 2 aromatic rings. The standard InChI is InChI=1S/C25H38N4S/c1-8-29(7)19-11-9-18(10-12-19)24-27-23-21(15(2)3)22(26-25(23)30-24)20-14-28(6)13-16(4)17(20)5/h14-15,18-19,26H,8-13H2,1-7H3. The third-order valence-electron chi connectivity index (χ3n) is 7.30. The molecule has 1 aliphatic heterocycles. The maximum atomic E-state index is 5.24. The van der Waals surface area contributed by atoms with Gasteiger partial charge in [-0.05, 0) is 64.6 Å². The van der Waals surface area contributed by atoms with Gasteiger partial charge < -0.3 is 14.8 Å². The normalized spacial score (nSPS) is 23.2. The molecule has 164 valence electrons. The second kappa shape index (κ2) is 8.51. The molecule has 0 unspecified atom stereocenters. The molecule has 1 saturated carbocycles. The first-order valence-electron chi connectivity index (χ1n) is 11.6. The van der Waals surface area contributed by atoms with E-state index in [1.807, 2.05) is 11.3 Å². The molecule has 4 nitrogen and oxygen atoms in total. The Labute approximate surface area is 186 Å². The molecule has 0 amide bonds. The second-order valence-electron chi connectivity index (χ2n) is 9.74. The minimum atomic E-state index is 0.443. The molecule has 0 saturated heterocycles. The van der Waals surface area contributed by atoms with E-state index in [0.29, 0.717) is 11.8 Å². The van der Waals surface area contributed by atoms with E-state index in [2.05, 4.69) is 69.7 Å². The van der Waals surface area contributed by atoms with Crippen molar-refractivity contribution in [3.8, 4) is 0 Å². The fraction of sp³-hybridized carbons (Fsp3) is 0.640. The number of hydrogen-bond donors (Lipinski definition) is 1. The van der Waals surface area contributed by atoms with Gasteiger partial charge in [0.2, 0.25) is 0 Å². The van der Waals surface area contributed by atoms with Crippen molar-refractivity contribution in [3.63, 3.8) is 0 Å². The number of rotatable bonds is 5. The lowest BCUT2D eigenvalue weighted by atomic mass is 9.86. The van der Waals surface area contributed by atoms with Gasteiger partial charge in [-0.25, -0.2) is 4.98 Å². The van der Waals surface area contributed by atoms with E-state index >= 15 is 0 Å². The maximum Gasteiger partial charge on any atom is 0.121 e. The van der Waals surface area contributed by atoms with E-state index in [-0.39, 0.29) is 0 Å². The molecule has 0 radical (unpaired) electrons. The number of aromatic nitrogens is 2. The molecule has 5 heteroatoms. The van der Waals surface area contributed by atoms with Crippen LogP contribution < -0.4 is 0 Å². The van der Waals surface area contributed by atoms with Gasteiger partial charge in [-0.2, -0.15) is 0 Å². The van der Waals surface area contributed by atoms with Crippen LogP contribution >= 0.6 is 11.3 Å². The molecule has 0 bridgehead atoms. The van der Waals surface area contributed by atoms with Crippen LogP contribution in [0, 0.1) is 0 Å². The highest BCUT2D eigenvalue weighted by molar-refractivity contribution is 7.18. The molecule has 30 heavy (non-hydrogen) atoms. The summed E-state index contributed by atoms with van der Waals surface area (Å²) < 4.78 is 0. The Bertz CT molecular complexity index is 969. The molecule has 0 aromatic carbocycles. The van der Waals surface area contributed by atoms with Crippen molar-refractivity contribution in [2.24, 2.45) is 0 Å². The van der Waals surface area contributed by atoms with E-state index in [9.17, 15) is 0 Å². The molecule has 1 fully saturated rings. The van der Waals surface area contributed by atoms with Gasteiger partial charge in [0.25, 0.3) is 0 Å². The lowest BCUT2D eigenvalue weighted by Crippen LogP contribution is -2.34. The Balaban J connectivity index is 1.66. The van der Waals surface area contributed by atoms with Crippen molar-refractivity contribution >= 4 is 27.3 Å². The Morgan fingerprint density at radius 2 is 1.93 bits per heavy atom. The topological polar surface area (TPSA) is 35.2 Å². The summed E-state index contributed by atoms with van der Waals surface area (Å²) in [5, 5.41) is 1.35. The van der Waals surface area contributed by atoms with Gasteiger partial charge in [-0.3, -0.25) is 0 Å². The van der Waals surface area contributed by atoms with Crippen LogP contribution in [-0.2, 0) is 0 Å². The zero-order chi connectivity index (χ0) is 21.6. The van der Waals surface area contributed by atoms with Crippen LogP contribution in [0.3, 0.4) is 0 Å². The second-order valence-corrected chi connectivity index (χ2v) is 10.8. The average molecular weight is 427 g/mol. The van der Waals surface area contributed by atoms with Crippen molar-refractivity contribution < 1.29 is 0 Å². The summed E-state index contributed by atoms with van der Waals surface area (Å²) in [4.78, 5) is 15.1. The first-order valence-corrected chi connectivity index (χ1v) is 12.4. The Morgan fingerprint density at radius 3 is 2.57 bits per heavy atom. The van der Waals surface area contributed by atoms with E-state index in [0.717, 1.165) is 19.1 Å². The highest BCUT2D eigenvalue weighted by Gasteiger charge is 2.29. The summed E-state index contributed by atoms with van der Waals surface area (Å²) in [5.74, 6) is 1.07. The van der Waals surface area contributed by atoms with E-state index < -0.39 is 0 Å². The smallest absolute Gasteiger partial charge is 0.121 e. The molecule has 1 aliphatic carbocycles. The van der Waals surface area contributed by atoms with Gasteiger partial charge in [0.1, 0.15) is 10.3 Å². The third kappa shape index (κ3) is 3.87. The van der Waals surface area contributed by atoms with Gasteiger partial charge in [0.05, 0.1) is 10.7 Å².